The highest BCUT2D eigenvalue weighted by atomic mass is 16.5. The van der Waals surface area contributed by atoms with E-state index in [2.05, 4.69) is 38.8 Å². The molecule has 6 heteroatoms. The molecular weight excluding hydrogens is 328 g/mol. The van der Waals surface area contributed by atoms with Gasteiger partial charge in [-0.05, 0) is 43.7 Å². The van der Waals surface area contributed by atoms with Crippen molar-refractivity contribution >= 4 is 22.4 Å². The fraction of sp³-hybridized carbons (Fsp3) is 0.600. The van der Waals surface area contributed by atoms with Gasteiger partial charge in [0.2, 0.25) is 0 Å². The number of hydrogen-bond donors (Lipinski definition) is 2. The molecule has 3 heterocycles. The highest BCUT2D eigenvalue weighted by Crippen LogP contribution is 2.36. The number of hydrogen-bond acceptors (Lipinski definition) is 6. The Hall–Kier alpha value is -1.92. The molecule has 0 saturated carbocycles. The van der Waals surface area contributed by atoms with Crippen molar-refractivity contribution < 1.29 is 10.2 Å². The molecule has 0 aliphatic carbocycles. The zero-order valence-electron chi connectivity index (χ0n) is 15.4. The van der Waals surface area contributed by atoms with Crippen molar-refractivity contribution in [2.75, 3.05) is 36.0 Å². The van der Waals surface area contributed by atoms with Crippen LogP contribution >= 0.6 is 0 Å². The van der Waals surface area contributed by atoms with Crippen molar-refractivity contribution in [2.24, 2.45) is 11.8 Å². The molecule has 2 atom stereocenters. The minimum absolute atomic E-state index is 0.129. The normalized spacial score (nSPS) is 24.5. The lowest BCUT2D eigenvalue weighted by atomic mass is 9.96. The summed E-state index contributed by atoms with van der Waals surface area (Å²) in [5, 5.41) is 20.4. The number of aromatic nitrogens is 2. The lowest BCUT2D eigenvalue weighted by Gasteiger charge is -2.37. The van der Waals surface area contributed by atoms with Crippen molar-refractivity contribution in [2.45, 2.75) is 38.9 Å². The van der Waals surface area contributed by atoms with E-state index in [1.807, 2.05) is 6.07 Å². The van der Waals surface area contributed by atoms with Crippen molar-refractivity contribution in [3.8, 4) is 0 Å². The number of aliphatic hydroxyl groups excluding tert-OH is 1. The van der Waals surface area contributed by atoms with Gasteiger partial charge in [0.25, 0.3) is 0 Å². The number of rotatable bonds is 3. The Labute approximate surface area is 154 Å². The largest absolute Gasteiger partial charge is 0.371 e. The van der Waals surface area contributed by atoms with Gasteiger partial charge >= 0.3 is 0 Å². The van der Waals surface area contributed by atoms with Gasteiger partial charge in [-0.25, -0.2) is 9.97 Å². The molecule has 0 amide bonds. The molecule has 2 saturated heterocycles. The lowest BCUT2D eigenvalue weighted by Crippen LogP contribution is -2.41. The molecule has 2 aliphatic rings. The van der Waals surface area contributed by atoms with Crippen LogP contribution in [0.5, 0.6) is 0 Å². The van der Waals surface area contributed by atoms with Gasteiger partial charge in [-0.3, -0.25) is 0 Å². The summed E-state index contributed by atoms with van der Waals surface area (Å²) in [5.41, 5.74) is 2.16. The maximum Gasteiger partial charge on any atom is 0.155 e. The fourth-order valence-corrected chi connectivity index (χ4v) is 4.43. The molecule has 0 spiro atoms. The Morgan fingerprint density at radius 1 is 1.04 bits per heavy atom. The summed E-state index contributed by atoms with van der Waals surface area (Å²) in [6.45, 7) is 5.95. The monoisotopic (exact) mass is 356 g/mol. The van der Waals surface area contributed by atoms with Crippen LogP contribution in [0.15, 0.2) is 24.5 Å². The Morgan fingerprint density at radius 2 is 1.85 bits per heavy atom. The number of fused-ring (bicyclic) bond motifs is 1. The minimum atomic E-state index is -1.27. The van der Waals surface area contributed by atoms with Crippen molar-refractivity contribution in [3.05, 3.63) is 24.5 Å². The van der Waals surface area contributed by atoms with E-state index in [-0.39, 0.29) is 5.92 Å². The summed E-state index contributed by atoms with van der Waals surface area (Å²) in [5.74, 6) is 1.49. The van der Waals surface area contributed by atoms with Crippen molar-refractivity contribution in [1.82, 2.24) is 9.97 Å². The topological polar surface area (TPSA) is 72.7 Å². The number of piperidine rings is 2. The summed E-state index contributed by atoms with van der Waals surface area (Å²) in [4.78, 5) is 13.8. The second-order valence-corrected chi connectivity index (χ2v) is 7.82. The summed E-state index contributed by atoms with van der Waals surface area (Å²) >= 11 is 0. The Morgan fingerprint density at radius 3 is 2.65 bits per heavy atom. The van der Waals surface area contributed by atoms with Gasteiger partial charge in [0.05, 0.1) is 10.9 Å². The summed E-state index contributed by atoms with van der Waals surface area (Å²) in [7, 11) is 0. The van der Waals surface area contributed by atoms with Crippen LogP contribution in [0, 0.1) is 11.8 Å². The molecule has 2 N–H and O–H groups in total. The minimum Gasteiger partial charge on any atom is -0.371 e. The third kappa shape index (κ3) is 3.35. The van der Waals surface area contributed by atoms with Gasteiger partial charge in [0, 0.05) is 37.8 Å². The quantitative estimate of drug-likeness (QED) is 0.823. The number of benzene rings is 1. The van der Waals surface area contributed by atoms with Crippen LogP contribution in [0.1, 0.15) is 32.6 Å². The predicted octanol–water partition coefficient (Wildman–Crippen LogP) is 2.39. The molecule has 2 aromatic rings. The van der Waals surface area contributed by atoms with E-state index in [1.54, 1.807) is 6.33 Å². The molecule has 26 heavy (non-hydrogen) atoms. The molecule has 4 rings (SSSR count). The van der Waals surface area contributed by atoms with E-state index < -0.39 is 6.29 Å². The highest BCUT2D eigenvalue weighted by Gasteiger charge is 2.28. The van der Waals surface area contributed by atoms with E-state index in [1.165, 1.54) is 18.5 Å². The molecule has 2 aliphatic heterocycles. The zero-order valence-corrected chi connectivity index (χ0v) is 15.4. The molecule has 2 fully saturated rings. The molecular formula is C20H28N4O2. The van der Waals surface area contributed by atoms with Gasteiger partial charge in [0.15, 0.2) is 6.29 Å². The predicted molar refractivity (Wildman–Crippen MR) is 103 cm³/mol. The van der Waals surface area contributed by atoms with Gasteiger partial charge in [-0.15, -0.1) is 0 Å². The first-order valence-corrected chi connectivity index (χ1v) is 9.73. The van der Waals surface area contributed by atoms with Crippen LogP contribution in [-0.4, -0.2) is 52.7 Å². The Kier molecular flexibility index (Phi) is 4.96. The summed E-state index contributed by atoms with van der Waals surface area (Å²) in [6.07, 6.45) is 4.63. The van der Waals surface area contributed by atoms with Crippen LogP contribution in [-0.2, 0) is 0 Å². The van der Waals surface area contributed by atoms with Crippen LogP contribution in [0.3, 0.4) is 0 Å². The smallest absolute Gasteiger partial charge is 0.155 e. The average Bonchev–Trinajstić information content (AvgIpc) is 2.67. The SMILES string of the molecule is CC1CCCN(c2cccc3ncnc(N4CCCC(C(O)O)C4)c23)C1. The standard InChI is InChI=1S/C20H28N4O2/c1-14-5-3-9-23(11-14)17-8-2-7-16-18(17)19(22-13-21-16)24-10-4-6-15(12-24)20(25)26/h2,7-8,13-15,20,25-26H,3-6,9-12H2,1H3. The number of anilines is 2. The van der Waals surface area contributed by atoms with Crippen LogP contribution < -0.4 is 9.80 Å². The van der Waals surface area contributed by atoms with E-state index in [0.717, 1.165) is 49.2 Å². The Balaban J connectivity index is 1.75. The molecule has 6 nitrogen and oxygen atoms in total. The number of nitrogens with zero attached hydrogens (tertiary/aromatic N) is 4. The van der Waals surface area contributed by atoms with E-state index in [4.69, 9.17) is 0 Å². The maximum atomic E-state index is 9.63. The third-order valence-corrected chi connectivity index (χ3v) is 5.80. The second kappa shape index (κ2) is 7.37. The van der Waals surface area contributed by atoms with Crippen LogP contribution in [0.25, 0.3) is 10.9 Å². The first-order valence-electron chi connectivity index (χ1n) is 9.73. The molecule has 140 valence electrons. The molecule has 0 radical (unpaired) electrons. The average molecular weight is 356 g/mol. The molecule has 2 unspecified atom stereocenters. The first kappa shape index (κ1) is 17.5. The van der Waals surface area contributed by atoms with Gasteiger partial charge in [0.1, 0.15) is 12.1 Å². The van der Waals surface area contributed by atoms with Gasteiger partial charge in [-0.1, -0.05) is 13.0 Å². The maximum absolute atomic E-state index is 9.63. The highest BCUT2D eigenvalue weighted by molar-refractivity contribution is 6.00. The first-order chi connectivity index (χ1) is 12.6. The van der Waals surface area contributed by atoms with Crippen molar-refractivity contribution in [3.63, 3.8) is 0 Å². The second-order valence-electron chi connectivity index (χ2n) is 7.82. The fourth-order valence-electron chi connectivity index (χ4n) is 4.43. The van der Waals surface area contributed by atoms with E-state index in [0.29, 0.717) is 12.5 Å². The lowest BCUT2D eigenvalue weighted by molar-refractivity contribution is -0.0862. The summed E-state index contributed by atoms with van der Waals surface area (Å²) in [6, 6.07) is 6.29. The van der Waals surface area contributed by atoms with Crippen LogP contribution in [0.2, 0.25) is 0 Å². The van der Waals surface area contributed by atoms with Gasteiger partial charge < -0.3 is 20.0 Å². The molecule has 1 aromatic carbocycles. The van der Waals surface area contributed by atoms with Crippen LogP contribution in [0.4, 0.5) is 11.5 Å². The molecule has 0 bridgehead atoms. The van der Waals surface area contributed by atoms with E-state index in [9.17, 15) is 10.2 Å². The molecule has 1 aromatic heterocycles. The third-order valence-electron chi connectivity index (χ3n) is 5.80. The van der Waals surface area contributed by atoms with Crippen molar-refractivity contribution in [1.29, 1.82) is 0 Å². The van der Waals surface area contributed by atoms with E-state index >= 15 is 0 Å². The Bertz CT molecular complexity index is 761. The number of aliphatic hydroxyl groups is 2. The zero-order chi connectivity index (χ0) is 18.1. The summed E-state index contributed by atoms with van der Waals surface area (Å²) < 4.78 is 0. The van der Waals surface area contributed by atoms with Gasteiger partial charge in [-0.2, -0.15) is 0 Å².